The maximum Gasteiger partial charge on any atom is 0.107 e. The minimum atomic E-state index is 0.616. The zero-order valence-electron chi connectivity index (χ0n) is 8.79. The van der Waals surface area contributed by atoms with Crippen LogP contribution in [-0.2, 0) is 6.54 Å². The molecule has 1 saturated heterocycles. The van der Waals surface area contributed by atoms with Crippen molar-refractivity contribution in [3.05, 3.63) is 16.1 Å². The molecule has 1 fully saturated rings. The first kappa shape index (κ1) is 10.1. The molecule has 1 N–H and O–H groups in total. The molecular weight excluding hydrogens is 194 g/mol. The molecule has 14 heavy (non-hydrogen) atoms. The Morgan fingerprint density at radius 3 is 3.21 bits per heavy atom. The molecule has 0 aliphatic carbocycles. The van der Waals surface area contributed by atoms with E-state index in [0.29, 0.717) is 6.04 Å². The van der Waals surface area contributed by atoms with Crippen LogP contribution >= 0.6 is 11.3 Å². The summed E-state index contributed by atoms with van der Waals surface area (Å²) >= 11 is 1.77. The summed E-state index contributed by atoms with van der Waals surface area (Å²) < 4.78 is 0. The van der Waals surface area contributed by atoms with Crippen LogP contribution in [0.3, 0.4) is 0 Å². The van der Waals surface area contributed by atoms with Gasteiger partial charge in [0.1, 0.15) is 5.01 Å². The van der Waals surface area contributed by atoms with Gasteiger partial charge in [-0.25, -0.2) is 4.98 Å². The maximum absolute atomic E-state index is 4.49. The van der Waals surface area contributed by atoms with Crippen molar-refractivity contribution in [2.75, 3.05) is 19.6 Å². The molecule has 0 spiro atoms. The number of nitrogens with zero attached hydrogens (tertiary/aromatic N) is 2. The van der Waals surface area contributed by atoms with E-state index in [1.807, 2.05) is 0 Å². The Hall–Kier alpha value is -0.450. The summed E-state index contributed by atoms with van der Waals surface area (Å²) in [6.07, 6.45) is 0. The van der Waals surface area contributed by atoms with Crippen LogP contribution in [0.5, 0.6) is 0 Å². The van der Waals surface area contributed by atoms with Crippen molar-refractivity contribution in [3.8, 4) is 0 Å². The first-order valence-electron chi connectivity index (χ1n) is 5.11. The van der Waals surface area contributed by atoms with Crippen LogP contribution in [0, 0.1) is 6.92 Å². The van der Waals surface area contributed by atoms with Gasteiger partial charge in [-0.3, -0.25) is 4.90 Å². The molecular formula is C10H17N3S. The highest BCUT2D eigenvalue weighted by Gasteiger charge is 2.16. The molecule has 1 aliphatic rings. The molecule has 4 heteroatoms. The number of hydrogen-bond donors (Lipinski definition) is 1. The van der Waals surface area contributed by atoms with E-state index >= 15 is 0 Å². The van der Waals surface area contributed by atoms with Crippen molar-refractivity contribution in [1.82, 2.24) is 15.2 Å². The Kier molecular flexibility index (Phi) is 3.15. The van der Waals surface area contributed by atoms with Crippen molar-refractivity contribution in [1.29, 1.82) is 0 Å². The number of aryl methyl sites for hydroxylation is 1. The van der Waals surface area contributed by atoms with E-state index in [9.17, 15) is 0 Å². The first-order valence-corrected chi connectivity index (χ1v) is 5.99. The molecule has 1 atom stereocenters. The Balaban J connectivity index is 1.90. The number of aromatic nitrogens is 1. The van der Waals surface area contributed by atoms with Crippen molar-refractivity contribution in [2.45, 2.75) is 26.4 Å². The van der Waals surface area contributed by atoms with Gasteiger partial charge in [-0.1, -0.05) is 0 Å². The van der Waals surface area contributed by atoms with Crippen LogP contribution < -0.4 is 5.32 Å². The smallest absolute Gasteiger partial charge is 0.107 e. The fourth-order valence-corrected chi connectivity index (χ4v) is 2.64. The Morgan fingerprint density at radius 1 is 1.71 bits per heavy atom. The lowest BCUT2D eigenvalue weighted by molar-refractivity contribution is 0.199. The van der Waals surface area contributed by atoms with Crippen LogP contribution in [0.2, 0.25) is 0 Å². The molecule has 78 valence electrons. The summed E-state index contributed by atoms with van der Waals surface area (Å²) in [5, 5.41) is 6.82. The number of hydrogen-bond acceptors (Lipinski definition) is 4. The number of thiazole rings is 1. The van der Waals surface area contributed by atoms with Crippen LogP contribution in [0.15, 0.2) is 5.38 Å². The van der Waals surface area contributed by atoms with Gasteiger partial charge in [-0.2, -0.15) is 0 Å². The molecule has 1 aromatic heterocycles. The molecule has 1 aromatic rings. The van der Waals surface area contributed by atoms with Crippen LogP contribution in [0.4, 0.5) is 0 Å². The number of rotatable bonds is 2. The van der Waals surface area contributed by atoms with Gasteiger partial charge in [0, 0.05) is 36.8 Å². The summed E-state index contributed by atoms with van der Waals surface area (Å²) in [5.74, 6) is 0. The SMILES string of the molecule is Cc1csc(CN2CCN[C@@H](C)C2)n1. The monoisotopic (exact) mass is 211 g/mol. The third-order valence-electron chi connectivity index (χ3n) is 2.48. The quantitative estimate of drug-likeness (QED) is 0.798. The van der Waals surface area contributed by atoms with Gasteiger partial charge in [0.25, 0.3) is 0 Å². The van der Waals surface area contributed by atoms with E-state index in [-0.39, 0.29) is 0 Å². The van der Waals surface area contributed by atoms with Crippen molar-refractivity contribution in [2.24, 2.45) is 0 Å². The first-order chi connectivity index (χ1) is 6.74. The summed E-state index contributed by atoms with van der Waals surface area (Å²) in [5.41, 5.74) is 1.15. The van der Waals surface area contributed by atoms with Gasteiger partial charge in [-0.15, -0.1) is 11.3 Å². The van der Waals surface area contributed by atoms with Gasteiger partial charge >= 0.3 is 0 Å². The van der Waals surface area contributed by atoms with E-state index in [1.54, 1.807) is 11.3 Å². The standard InChI is InChI=1S/C10H17N3S/c1-8-5-13(4-3-11-8)6-10-12-9(2)7-14-10/h7-8,11H,3-6H2,1-2H3/t8-/m0/s1. The molecule has 2 rings (SSSR count). The van der Waals surface area contributed by atoms with E-state index in [2.05, 4.69) is 34.4 Å². The minimum Gasteiger partial charge on any atom is -0.312 e. The van der Waals surface area contributed by atoms with Gasteiger partial charge in [0.2, 0.25) is 0 Å². The Bertz CT molecular complexity index is 297. The Labute approximate surface area is 89.1 Å². The van der Waals surface area contributed by atoms with Crippen LogP contribution in [0.1, 0.15) is 17.6 Å². The Morgan fingerprint density at radius 2 is 2.57 bits per heavy atom. The molecule has 1 aliphatic heterocycles. The highest BCUT2D eigenvalue weighted by molar-refractivity contribution is 7.09. The lowest BCUT2D eigenvalue weighted by Gasteiger charge is -2.31. The van der Waals surface area contributed by atoms with Gasteiger partial charge in [0.15, 0.2) is 0 Å². The number of nitrogens with one attached hydrogen (secondary N) is 1. The molecule has 0 aromatic carbocycles. The fraction of sp³-hybridized carbons (Fsp3) is 0.700. The zero-order valence-corrected chi connectivity index (χ0v) is 9.60. The van der Waals surface area contributed by atoms with Crippen molar-refractivity contribution >= 4 is 11.3 Å². The van der Waals surface area contributed by atoms with Crippen molar-refractivity contribution < 1.29 is 0 Å². The lowest BCUT2D eigenvalue weighted by atomic mass is 10.2. The van der Waals surface area contributed by atoms with Crippen LogP contribution in [-0.4, -0.2) is 35.6 Å². The maximum atomic E-state index is 4.49. The van der Waals surface area contributed by atoms with Gasteiger partial charge in [0.05, 0.1) is 6.54 Å². The van der Waals surface area contributed by atoms with Crippen molar-refractivity contribution in [3.63, 3.8) is 0 Å². The summed E-state index contributed by atoms with van der Waals surface area (Å²) in [6, 6.07) is 0.616. The second kappa shape index (κ2) is 4.38. The topological polar surface area (TPSA) is 28.2 Å². The second-order valence-corrected chi connectivity index (χ2v) is 4.92. The summed E-state index contributed by atoms with van der Waals surface area (Å²) in [7, 11) is 0. The molecule has 0 unspecified atom stereocenters. The largest absolute Gasteiger partial charge is 0.312 e. The number of piperazine rings is 1. The van der Waals surface area contributed by atoms with Gasteiger partial charge in [-0.05, 0) is 13.8 Å². The van der Waals surface area contributed by atoms with Gasteiger partial charge < -0.3 is 5.32 Å². The molecule has 0 radical (unpaired) electrons. The molecule has 0 saturated carbocycles. The molecule has 0 bridgehead atoms. The average Bonchev–Trinajstić information content (AvgIpc) is 2.51. The van der Waals surface area contributed by atoms with E-state index < -0.39 is 0 Å². The minimum absolute atomic E-state index is 0.616. The lowest BCUT2D eigenvalue weighted by Crippen LogP contribution is -2.48. The third-order valence-corrected chi connectivity index (χ3v) is 3.43. The normalized spacial score (nSPS) is 24.0. The predicted octanol–water partition coefficient (Wildman–Crippen LogP) is 1.25. The average molecular weight is 211 g/mol. The van der Waals surface area contributed by atoms with Crippen LogP contribution in [0.25, 0.3) is 0 Å². The molecule has 2 heterocycles. The highest BCUT2D eigenvalue weighted by atomic mass is 32.1. The summed E-state index contributed by atoms with van der Waals surface area (Å²) in [6.45, 7) is 8.69. The molecule has 0 amide bonds. The van der Waals surface area contributed by atoms with E-state index in [0.717, 1.165) is 31.9 Å². The molecule has 3 nitrogen and oxygen atoms in total. The highest BCUT2D eigenvalue weighted by Crippen LogP contribution is 2.12. The van der Waals surface area contributed by atoms with E-state index in [1.165, 1.54) is 5.01 Å². The zero-order chi connectivity index (χ0) is 9.97. The predicted molar refractivity (Wildman–Crippen MR) is 59.6 cm³/mol. The fourth-order valence-electron chi connectivity index (χ4n) is 1.82. The summed E-state index contributed by atoms with van der Waals surface area (Å²) in [4.78, 5) is 6.96. The third kappa shape index (κ3) is 2.53. The van der Waals surface area contributed by atoms with E-state index in [4.69, 9.17) is 0 Å². The second-order valence-electron chi connectivity index (χ2n) is 3.97.